The third-order valence-corrected chi connectivity index (χ3v) is 6.27. The van der Waals surface area contributed by atoms with Crippen LogP contribution in [0.3, 0.4) is 0 Å². The molecule has 1 heterocycles. The zero-order valence-corrected chi connectivity index (χ0v) is 14.1. The van der Waals surface area contributed by atoms with Gasteiger partial charge in [0, 0.05) is 35.6 Å². The van der Waals surface area contributed by atoms with Gasteiger partial charge in [0.15, 0.2) is 0 Å². The number of rotatable bonds is 4. The van der Waals surface area contributed by atoms with Crippen LogP contribution >= 0.6 is 15.9 Å². The summed E-state index contributed by atoms with van der Waals surface area (Å²) in [4.78, 5) is 4.10. The first-order valence-electron chi connectivity index (χ1n) is 6.27. The third kappa shape index (κ3) is 3.25. The number of halogens is 1. The summed E-state index contributed by atoms with van der Waals surface area (Å²) in [6.07, 6.45) is 3.28. The first kappa shape index (κ1) is 15.9. The predicted molar refractivity (Wildman–Crippen MR) is 86.2 cm³/mol. The monoisotopic (exact) mass is 369 g/mol. The van der Waals surface area contributed by atoms with Gasteiger partial charge in [0.05, 0.1) is 4.90 Å². The molecule has 0 bridgehead atoms. The zero-order chi connectivity index (χ0) is 15.6. The number of nitrogens with zero attached hydrogens (tertiary/aromatic N) is 2. The van der Waals surface area contributed by atoms with Crippen LogP contribution in [0, 0.1) is 0 Å². The van der Waals surface area contributed by atoms with E-state index in [1.807, 2.05) is 6.92 Å². The van der Waals surface area contributed by atoms with Crippen molar-refractivity contribution in [2.45, 2.75) is 17.9 Å². The molecule has 21 heavy (non-hydrogen) atoms. The summed E-state index contributed by atoms with van der Waals surface area (Å²) < 4.78 is 27.3. The fourth-order valence-electron chi connectivity index (χ4n) is 1.93. The van der Waals surface area contributed by atoms with E-state index < -0.39 is 10.0 Å². The molecule has 0 radical (unpaired) electrons. The molecule has 0 saturated heterocycles. The van der Waals surface area contributed by atoms with Crippen LogP contribution < -0.4 is 5.73 Å². The number of anilines is 1. The Morgan fingerprint density at radius 2 is 1.86 bits per heavy atom. The van der Waals surface area contributed by atoms with Crippen LogP contribution in [-0.2, 0) is 10.0 Å². The standard InChI is InChI=1S/C14H16BrN3O2S/c1-10(11-5-7-17-8-6-11)18(2)21(19,20)14-9-12(16)3-4-13(14)15/h3-10H,16H2,1-2H3. The Labute approximate surface area is 133 Å². The number of hydrogen-bond acceptors (Lipinski definition) is 4. The Hall–Kier alpha value is -1.44. The lowest BCUT2D eigenvalue weighted by molar-refractivity contribution is 0.398. The molecule has 2 N–H and O–H groups in total. The molecule has 0 aliphatic carbocycles. The normalized spacial score (nSPS) is 13.3. The van der Waals surface area contributed by atoms with Gasteiger partial charge in [-0.2, -0.15) is 4.31 Å². The van der Waals surface area contributed by atoms with Gasteiger partial charge in [0.1, 0.15) is 0 Å². The molecule has 112 valence electrons. The van der Waals surface area contributed by atoms with Crippen molar-refractivity contribution in [1.82, 2.24) is 9.29 Å². The number of nitrogen functional groups attached to an aromatic ring is 1. The summed E-state index contributed by atoms with van der Waals surface area (Å²) in [5.41, 5.74) is 6.98. The Kier molecular flexibility index (Phi) is 4.65. The Balaban J connectivity index is 2.41. The van der Waals surface area contributed by atoms with Gasteiger partial charge in [0.2, 0.25) is 10.0 Å². The number of nitrogens with two attached hydrogens (primary N) is 1. The molecule has 0 aliphatic rings. The fraction of sp³-hybridized carbons (Fsp3) is 0.214. The van der Waals surface area contributed by atoms with E-state index in [2.05, 4.69) is 20.9 Å². The van der Waals surface area contributed by atoms with Crippen molar-refractivity contribution in [3.05, 3.63) is 52.8 Å². The highest BCUT2D eigenvalue weighted by Gasteiger charge is 2.28. The van der Waals surface area contributed by atoms with Crippen molar-refractivity contribution < 1.29 is 8.42 Å². The smallest absolute Gasteiger partial charge is 0.244 e. The molecule has 5 nitrogen and oxygen atoms in total. The van der Waals surface area contributed by atoms with Gasteiger partial charge in [0.25, 0.3) is 0 Å². The number of benzene rings is 1. The quantitative estimate of drug-likeness (QED) is 0.840. The van der Waals surface area contributed by atoms with Gasteiger partial charge < -0.3 is 5.73 Å². The summed E-state index contributed by atoms with van der Waals surface area (Å²) in [7, 11) is -2.10. The van der Waals surface area contributed by atoms with Crippen LogP contribution in [0.5, 0.6) is 0 Å². The zero-order valence-electron chi connectivity index (χ0n) is 11.7. The molecule has 1 atom stereocenters. The maximum Gasteiger partial charge on any atom is 0.244 e. The SMILES string of the molecule is CC(c1ccncc1)N(C)S(=O)(=O)c1cc(N)ccc1Br. The highest BCUT2D eigenvalue weighted by molar-refractivity contribution is 9.10. The molecule has 2 aromatic rings. The number of hydrogen-bond donors (Lipinski definition) is 1. The largest absolute Gasteiger partial charge is 0.399 e. The minimum atomic E-state index is -3.65. The predicted octanol–water partition coefficient (Wildman–Crippen LogP) is 2.81. The van der Waals surface area contributed by atoms with Crippen molar-refractivity contribution >= 4 is 31.6 Å². The van der Waals surface area contributed by atoms with Crippen molar-refractivity contribution in [2.24, 2.45) is 0 Å². The summed E-state index contributed by atoms with van der Waals surface area (Å²) >= 11 is 3.27. The van der Waals surface area contributed by atoms with Crippen LogP contribution in [0.4, 0.5) is 5.69 Å². The minimum absolute atomic E-state index is 0.158. The molecule has 0 saturated carbocycles. The second-order valence-electron chi connectivity index (χ2n) is 4.67. The second kappa shape index (κ2) is 6.13. The van der Waals surface area contributed by atoms with Crippen molar-refractivity contribution in [1.29, 1.82) is 0 Å². The van der Waals surface area contributed by atoms with Crippen LogP contribution in [-0.4, -0.2) is 24.8 Å². The van der Waals surface area contributed by atoms with Crippen molar-refractivity contribution in [3.63, 3.8) is 0 Å². The third-order valence-electron chi connectivity index (χ3n) is 3.35. The van der Waals surface area contributed by atoms with Gasteiger partial charge >= 0.3 is 0 Å². The maximum absolute atomic E-state index is 12.7. The molecule has 1 aromatic heterocycles. The van der Waals surface area contributed by atoms with Gasteiger partial charge in [-0.1, -0.05) is 0 Å². The van der Waals surface area contributed by atoms with E-state index in [4.69, 9.17) is 5.73 Å². The second-order valence-corrected chi connectivity index (χ2v) is 7.49. The topological polar surface area (TPSA) is 76.3 Å². The summed E-state index contributed by atoms with van der Waals surface area (Å²) in [5.74, 6) is 0. The molecule has 0 amide bonds. The summed E-state index contributed by atoms with van der Waals surface area (Å²) in [6.45, 7) is 1.83. The van der Waals surface area contributed by atoms with E-state index in [1.54, 1.807) is 43.7 Å². The van der Waals surface area contributed by atoms with Gasteiger partial charge in [-0.3, -0.25) is 4.98 Å². The molecule has 0 aliphatic heterocycles. The summed E-state index contributed by atoms with van der Waals surface area (Å²) in [5, 5.41) is 0. The first-order chi connectivity index (χ1) is 9.84. The van der Waals surface area contributed by atoms with Crippen LogP contribution in [0.25, 0.3) is 0 Å². The molecule has 2 rings (SSSR count). The Morgan fingerprint density at radius 3 is 2.48 bits per heavy atom. The summed E-state index contributed by atoms with van der Waals surface area (Å²) in [6, 6.07) is 8.01. The maximum atomic E-state index is 12.7. The average Bonchev–Trinajstić information content (AvgIpc) is 2.49. The van der Waals surface area contributed by atoms with Crippen molar-refractivity contribution in [3.8, 4) is 0 Å². The molecular formula is C14H16BrN3O2S. The van der Waals surface area contributed by atoms with Crippen molar-refractivity contribution in [2.75, 3.05) is 12.8 Å². The number of aromatic nitrogens is 1. The molecule has 7 heteroatoms. The van der Waals surface area contributed by atoms with E-state index >= 15 is 0 Å². The number of sulfonamides is 1. The Morgan fingerprint density at radius 1 is 1.24 bits per heavy atom. The van der Waals surface area contributed by atoms with E-state index in [0.717, 1.165) is 5.56 Å². The fourth-order valence-corrected chi connectivity index (χ4v) is 4.24. The van der Waals surface area contributed by atoms with Gasteiger partial charge in [-0.15, -0.1) is 0 Å². The molecule has 0 spiro atoms. The molecule has 1 aromatic carbocycles. The van der Waals surface area contributed by atoms with Crippen LogP contribution in [0.1, 0.15) is 18.5 Å². The van der Waals surface area contributed by atoms with E-state index in [0.29, 0.717) is 10.2 Å². The van der Waals surface area contributed by atoms with E-state index in [9.17, 15) is 8.42 Å². The van der Waals surface area contributed by atoms with Crippen LogP contribution in [0.2, 0.25) is 0 Å². The highest BCUT2D eigenvalue weighted by Crippen LogP contribution is 2.30. The number of pyridine rings is 1. The van der Waals surface area contributed by atoms with E-state index in [-0.39, 0.29) is 10.9 Å². The lowest BCUT2D eigenvalue weighted by atomic mass is 10.1. The van der Waals surface area contributed by atoms with Gasteiger partial charge in [-0.25, -0.2) is 8.42 Å². The minimum Gasteiger partial charge on any atom is -0.399 e. The van der Waals surface area contributed by atoms with Gasteiger partial charge in [-0.05, 0) is 58.7 Å². The lowest BCUT2D eigenvalue weighted by Gasteiger charge is -2.25. The molecule has 0 fully saturated rings. The molecular weight excluding hydrogens is 354 g/mol. The Bertz CT molecular complexity index is 735. The highest BCUT2D eigenvalue weighted by atomic mass is 79.9. The van der Waals surface area contributed by atoms with Crippen LogP contribution in [0.15, 0.2) is 52.1 Å². The van der Waals surface area contributed by atoms with E-state index in [1.165, 1.54) is 10.4 Å². The molecule has 1 unspecified atom stereocenters. The first-order valence-corrected chi connectivity index (χ1v) is 8.50. The lowest BCUT2D eigenvalue weighted by Crippen LogP contribution is -2.30. The average molecular weight is 370 g/mol.